The number of aromatic nitrogens is 2. The van der Waals surface area contributed by atoms with Gasteiger partial charge < -0.3 is 10.1 Å². The minimum absolute atomic E-state index is 0.0168. The van der Waals surface area contributed by atoms with Crippen LogP contribution >= 0.6 is 15.9 Å². The predicted octanol–water partition coefficient (Wildman–Crippen LogP) is 4.24. The average Bonchev–Trinajstić information content (AvgIpc) is 2.71. The molecular formula is C22H22BrN3O3. The third kappa shape index (κ3) is 5.32. The zero-order valence-electron chi connectivity index (χ0n) is 16.3. The van der Waals surface area contributed by atoms with Gasteiger partial charge in [-0.05, 0) is 35.3 Å². The van der Waals surface area contributed by atoms with E-state index in [9.17, 15) is 9.59 Å². The van der Waals surface area contributed by atoms with Gasteiger partial charge in [0.15, 0.2) is 5.82 Å². The molecule has 0 saturated heterocycles. The van der Waals surface area contributed by atoms with Crippen molar-refractivity contribution < 1.29 is 9.53 Å². The highest BCUT2D eigenvalue weighted by atomic mass is 79.9. The van der Waals surface area contributed by atoms with E-state index in [-0.39, 0.29) is 30.6 Å². The number of hydrogen-bond donors (Lipinski definition) is 1. The fourth-order valence-corrected chi connectivity index (χ4v) is 3.46. The lowest BCUT2D eigenvalue weighted by Gasteiger charge is -2.17. The molecule has 0 bridgehead atoms. The summed E-state index contributed by atoms with van der Waals surface area (Å²) in [6, 6.07) is 18.8. The molecule has 0 atom stereocenters. The zero-order valence-corrected chi connectivity index (χ0v) is 17.8. The summed E-state index contributed by atoms with van der Waals surface area (Å²) >= 11 is 3.46. The number of benzene rings is 2. The van der Waals surface area contributed by atoms with Crippen molar-refractivity contribution in [2.45, 2.75) is 33.0 Å². The molecule has 7 heteroatoms. The number of halogens is 1. The molecule has 0 radical (unpaired) electrons. The van der Waals surface area contributed by atoms with E-state index >= 15 is 0 Å². The van der Waals surface area contributed by atoms with Gasteiger partial charge in [-0.2, -0.15) is 0 Å². The zero-order chi connectivity index (χ0) is 20.8. The second-order valence-electron chi connectivity index (χ2n) is 6.80. The number of hydrogen-bond acceptors (Lipinski definition) is 5. The summed E-state index contributed by atoms with van der Waals surface area (Å²) in [6.07, 6.45) is 0. The fourth-order valence-electron chi connectivity index (χ4n) is 2.84. The average molecular weight is 456 g/mol. The summed E-state index contributed by atoms with van der Waals surface area (Å²) in [5.41, 5.74) is 1.81. The van der Waals surface area contributed by atoms with E-state index in [0.29, 0.717) is 10.3 Å². The second kappa shape index (κ2) is 9.52. The van der Waals surface area contributed by atoms with E-state index < -0.39 is 5.97 Å². The first kappa shape index (κ1) is 20.8. The molecule has 1 aromatic heterocycles. The number of nitrogens with zero attached hydrogens (tertiary/aromatic N) is 2. The quantitative estimate of drug-likeness (QED) is 0.539. The summed E-state index contributed by atoms with van der Waals surface area (Å²) in [7, 11) is 0. The Bertz CT molecular complexity index is 1030. The Morgan fingerprint density at radius 2 is 1.72 bits per heavy atom. The first-order chi connectivity index (χ1) is 14.0. The van der Waals surface area contributed by atoms with Crippen molar-refractivity contribution in [3.05, 3.63) is 81.2 Å². The van der Waals surface area contributed by atoms with E-state index in [1.54, 1.807) is 0 Å². The molecule has 1 heterocycles. The highest BCUT2D eigenvalue weighted by Gasteiger charge is 2.19. The first-order valence-electron chi connectivity index (χ1n) is 9.27. The summed E-state index contributed by atoms with van der Waals surface area (Å²) in [6.45, 7) is 3.76. The highest BCUT2D eigenvalue weighted by molar-refractivity contribution is 9.10. The maximum absolute atomic E-state index is 13.1. The topological polar surface area (TPSA) is 73.2 Å². The molecule has 0 unspecified atom stereocenters. The van der Waals surface area contributed by atoms with Crippen LogP contribution in [-0.4, -0.2) is 21.6 Å². The summed E-state index contributed by atoms with van der Waals surface area (Å²) in [5, 5.41) is 3.04. The van der Waals surface area contributed by atoms with E-state index in [1.165, 1.54) is 4.57 Å². The Kier molecular flexibility index (Phi) is 6.82. The molecule has 0 aliphatic carbocycles. The minimum Gasteiger partial charge on any atom is -0.459 e. The maximum atomic E-state index is 13.1. The Labute approximate surface area is 177 Å². The van der Waals surface area contributed by atoms with Gasteiger partial charge in [0.1, 0.15) is 17.8 Å². The molecule has 0 amide bonds. The largest absolute Gasteiger partial charge is 0.459 e. The van der Waals surface area contributed by atoms with Crippen molar-refractivity contribution in [1.82, 2.24) is 9.55 Å². The molecule has 6 nitrogen and oxygen atoms in total. The van der Waals surface area contributed by atoms with Crippen molar-refractivity contribution in [3.8, 4) is 11.3 Å². The minimum atomic E-state index is -0.498. The Balaban J connectivity index is 1.94. The van der Waals surface area contributed by atoms with Gasteiger partial charge in [0.25, 0.3) is 5.56 Å². The molecule has 29 heavy (non-hydrogen) atoms. The number of anilines is 1. The van der Waals surface area contributed by atoms with Crippen LogP contribution in [0, 0.1) is 0 Å². The van der Waals surface area contributed by atoms with Crippen LogP contribution in [0.5, 0.6) is 0 Å². The predicted molar refractivity (Wildman–Crippen MR) is 117 cm³/mol. The monoisotopic (exact) mass is 455 g/mol. The molecule has 3 aromatic rings. The van der Waals surface area contributed by atoms with Crippen LogP contribution in [0.2, 0.25) is 0 Å². The van der Waals surface area contributed by atoms with Crippen LogP contribution in [0.15, 0.2) is 70.1 Å². The molecule has 0 saturated carbocycles. The van der Waals surface area contributed by atoms with Crippen molar-refractivity contribution in [3.63, 3.8) is 0 Å². The molecular weight excluding hydrogens is 434 g/mol. The number of ether oxygens (including phenoxy) is 1. The van der Waals surface area contributed by atoms with Gasteiger partial charge >= 0.3 is 5.97 Å². The van der Waals surface area contributed by atoms with Gasteiger partial charge in [-0.3, -0.25) is 14.2 Å². The lowest BCUT2D eigenvalue weighted by Crippen LogP contribution is -2.31. The highest BCUT2D eigenvalue weighted by Crippen LogP contribution is 2.26. The molecule has 2 aromatic carbocycles. The molecule has 1 N–H and O–H groups in total. The lowest BCUT2D eigenvalue weighted by molar-refractivity contribution is -0.145. The van der Waals surface area contributed by atoms with E-state index in [2.05, 4.69) is 26.2 Å². The lowest BCUT2D eigenvalue weighted by atomic mass is 10.1. The van der Waals surface area contributed by atoms with E-state index in [4.69, 9.17) is 4.74 Å². The number of nitrogens with one attached hydrogen (secondary N) is 1. The molecule has 150 valence electrons. The maximum Gasteiger partial charge on any atom is 0.326 e. The molecule has 0 aliphatic heterocycles. The van der Waals surface area contributed by atoms with Crippen molar-refractivity contribution >= 4 is 27.7 Å². The Morgan fingerprint density at radius 1 is 1.10 bits per heavy atom. The number of esters is 1. The number of carbonyl (C=O) groups is 1. The van der Waals surface area contributed by atoms with Crippen molar-refractivity contribution in [1.29, 1.82) is 0 Å². The Morgan fingerprint density at radius 3 is 2.34 bits per heavy atom. The molecule has 0 fully saturated rings. The van der Waals surface area contributed by atoms with Crippen LogP contribution in [0.3, 0.4) is 0 Å². The van der Waals surface area contributed by atoms with Crippen LogP contribution < -0.4 is 10.9 Å². The summed E-state index contributed by atoms with van der Waals surface area (Å²) < 4.78 is 7.25. The molecule has 0 aliphatic rings. The summed E-state index contributed by atoms with van der Waals surface area (Å²) in [4.78, 5) is 30.0. The SMILES string of the molecule is CC(C)Nc1nc(Br)c(-c2ccccc2)n(CC(=O)OCc2ccccc2)c1=O. The number of rotatable bonds is 7. The Hall–Kier alpha value is -2.93. The van der Waals surface area contributed by atoms with Crippen molar-refractivity contribution in [2.24, 2.45) is 0 Å². The van der Waals surface area contributed by atoms with Gasteiger partial charge in [-0.1, -0.05) is 60.7 Å². The van der Waals surface area contributed by atoms with Crippen LogP contribution in [0.4, 0.5) is 5.82 Å². The van der Waals surface area contributed by atoms with Gasteiger partial charge in [-0.15, -0.1) is 0 Å². The van der Waals surface area contributed by atoms with Crippen LogP contribution in [-0.2, 0) is 22.7 Å². The van der Waals surface area contributed by atoms with Gasteiger partial charge in [-0.25, -0.2) is 4.98 Å². The third-order valence-electron chi connectivity index (χ3n) is 4.13. The van der Waals surface area contributed by atoms with Crippen LogP contribution in [0.25, 0.3) is 11.3 Å². The van der Waals surface area contributed by atoms with Gasteiger partial charge in [0.05, 0.1) is 5.69 Å². The number of carbonyl (C=O) groups excluding carboxylic acids is 1. The fraction of sp³-hybridized carbons (Fsp3) is 0.227. The molecule has 0 spiro atoms. The normalized spacial score (nSPS) is 10.8. The third-order valence-corrected chi connectivity index (χ3v) is 4.68. The van der Waals surface area contributed by atoms with Gasteiger partial charge in [0.2, 0.25) is 0 Å². The van der Waals surface area contributed by atoms with Crippen LogP contribution in [0.1, 0.15) is 19.4 Å². The van der Waals surface area contributed by atoms with Crippen molar-refractivity contribution in [2.75, 3.05) is 5.32 Å². The first-order valence-corrected chi connectivity index (χ1v) is 10.1. The summed E-state index contributed by atoms with van der Waals surface area (Å²) in [5.74, 6) is -0.316. The smallest absolute Gasteiger partial charge is 0.326 e. The van der Waals surface area contributed by atoms with E-state index in [0.717, 1.165) is 11.1 Å². The second-order valence-corrected chi connectivity index (χ2v) is 7.55. The van der Waals surface area contributed by atoms with Gasteiger partial charge in [0, 0.05) is 11.6 Å². The molecule has 3 rings (SSSR count). The van der Waals surface area contributed by atoms with E-state index in [1.807, 2.05) is 74.5 Å². The standard InChI is InChI=1S/C22H22BrN3O3/c1-15(2)24-21-22(28)26(13-18(27)29-14-16-9-5-3-6-10-16)19(20(23)25-21)17-11-7-4-8-12-17/h3-12,15H,13-14H2,1-2H3,(H,24,25).